The molecule has 0 atom stereocenters. The molecule has 2 heterocycles. The minimum Gasteiger partial charge on any atom is -0.381 e. The summed E-state index contributed by atoms with van der Waals surface area (Å²) in [6.07, 6.45) is 12.7. The Morgan fingerprint density at radius 2 is 1.48 bits per heavy atom. The number of nitrogens with zero attached hydrogens (tertiary/aromatic N) is 2. The van der Waals surface area contributed by atoms with Gasteiger partial charge in [0.25, 0.3) is 11.8 Å². The number of thioether (sulfide) groups is 1. The highest BCUT2D eigenvalue weighted by Gasteiger charge is 2.22. The first-order valence-electron chi connectivity index (χ1n) is 10.7. The van der Waals surface area contributed by atoms with Gasteiger partial charge in [-0.1, -0.05) is 32.8 Å². The van der Waals surface area contributed by atoms with Crippen LogP contribution in [0.25, 0.3) is 0 Å². The van der Waals surface area contributed by atoms with Crippen molar-refractivity contribution >= 4 is 29.5 Å². The van der Waals surface area contributed by atoms with Gasteiger partial charge in [-0.05, 0) is 37.2 Å². The highest BCUT2D eigenvalue weighted by molar-refractivity contribution is 7.99. The lowest BCUT2D eigenvalue weighted by atomic mass is 10.3. The first kappa shape index (κ1) is 25.4. The summed E-state index contributed by atoms with van der Waals surface area (Å²) in [5.74, 6) is 1.87. The van der Waals surface area contributed by atoms with E-state index in [0.29, 0.717) is 26.2 Å². The Hall–Kier alpha value is -1.60. The van der Waals surface area contributed by atoms with Crippen molar-refractivity contribution in [3.63, 3.8) is 0 Å². The first-order chi connectivity index (χ1) is 14.1. The summed E-state index contributed by atoms with van der Waals surface area (Å²) in [6, 6.07) is 0. The molecule has 0 aromatic carbocycles. The zero-order chi connectivity index (χ0) is 21.3. The highest BCUT2D eigenvalue weighted by atomic mass is 32.2. The number of carbonyl (C=O) groups excluding carboxylic acids is 3. The average molecular weight is 425 g/mol. The number of hydrogen-bond donors (Lipinski definition) is 0. The van der Waals surface area contributed by atoms with Gasteiger partial charge < -0.3 is 9.64 Å². The van der Waals surface area contributed by atoms with Crippen molar-refractivity contribution in [3.05, 3.63) is 24.3 Å². The van der Waals surface area contributed by atoms with E-state index in [9.17, 15) is 14.4 Å². The molecule has 6 nitrogen and oxygen atoms in total. The number of unbranched alkanes of at least 4 members (excludes halogenated alkanes) is 2. The molecule has 0 fully saturated rings. The van der Waals surface area contributed by atoms with E-state index >= 15 is 0 Å². The molecular weight excluding hydrogens is 388 g/mol. The molecule has 0 unspecified atom stereocenters. The van der Waals surface area contributed by atoms with Crippen LogP contribution in [0.15, 0.2) is 24.3 Å². The third-order valence-electron chi connectivity index (χ3n) is 4.51. The predicted molar refractivity (Wildman–Crippen MR) is 119 cm³/mol. The topological polar surface area (TPSA) is 66.9 Å². The van der Waals surface area contributed by atoms with Gasteiger partial charge in [0.05, 0.1) is 0 Å². The molecule has 7 heteroatoms. The quantitative estimate of drug-likeness (QED) is 0.316. The molecule has 0 aliphatic carbocycles. The van der Waals surface area contributed by atoms with Crippen LogP contribution in [0.3, 0.4) is 0 Å². The number of carbonyl (C=O) groups is 3. The minimum atomic E-state index is -0.229. The second-order valence-electron chi connectivity index (χ2n) is 6.99. The fourth-order valence-electron chi connectivity index (χ4n) is 2.62. The Morgan fingerprint density at radius 3 is 2.10 bits per heavy atom. The van der Waals surface area contributed by atoms with Crippen molar-refractivity contribution in [3.8, 4) is 0 Å². The Kier molecular flexibility index (Phi) is 14.2. The third kappa shape index (κ3) is 11.2. The summed E-state index contributed by atoms with van der Waals surface area (Å²) in [4.78, 5) is 37.2. The van der Waals surface area contributed by atoms with Crippen molar-refractivity contribution in [1.82, 2.24) is 9.80 Å². The second-order valence-corrected chi connectivity index (χ2v) is 8.21. The van der Waals surface area contributed by atoms with Gasteiger partial charge in [-0.15, -0.1) is 0 Å². The van der Waals surface area contributed by atoms with Gasteiger partial charge in [-0.3, -0.25) is 19.3 Å². The smallest absolute Gasteiger partial charge is 0.253 e. The normalized spacial score (nSPS) is 15.4. The van der Waals surface area contributed by atoms with E-state index in [4.69, 9.17) is 4.74 Å². The molecule has 2 rings (SSSR count). The molecule has 3 amide bonds. The van der Waals surface area contributed by atoms with E-state index in [2.05, 4.69) is 13.8 Å². The van der Waals surface area contributed by atoms with Gasteiger partial charge in [0, 0.05) is 51.1 Å². The summed E-state index contributed by atoms with van der Waals surface area (Å²) in [6.45, 7) is 7.68. The van der Waals surface area contributed by atoms with Crippen LogP contribution in [-0.4, -0.2) is 71.9 Å². The minimum absolute atomic E-state index is 0.136. The van der Waals surface area contributed by atoms with Crippen LogP contribution in [0.1, 0.15) is 52.4 Å². The molecule has 0 radical (unpaired) electrons. The Morgan fingerprint density at radius 1 is 0.828 bits per heavy atom. The largest absolute Gasteiger partial charge is 0.381 e. The van der Waals surface area contributed by atoms with E-state index in [1.807, 2.05) is 22.7 Å². The summed E-state index contributed by atoms with van der Waals surface area (Å²) in [5.41, 5.74) is 0. The molecule has 0 bridgehead atoms. The van der Waals surface area contributed by atoms with E-state index < -0.39 is 0 Å². The zero-order valence-corrected chi connectivity index (χ0v) is 18.8. The maximum Gasteiger partial charge on any atom is 0.253 e. The lowest BCUT2D eigenvalue weighted by molar-refractivity contribution is -0.137. The van der Waals surface area contributed by atoms with Crippen molar-refractivity contribution in [2.45, 2.75) is 52.4 Å². The number of hydrogen-bond acceptors (Lipinski definition) is 5. The Balaban J connectivity index is 0.000000960. The van der Waals surface area contributed by atoms with Gasteiger partial charge >= 0.3 is 0 Å². The molecular formula is C22H36N2O4S. The van der Waals surface area contributed by atoms with Crippen molar-refractivity contribution in [2.75, 3.05) is 44.4 Å². The fourth-order valence-corrected chi connectivity index (χ4v) is 3.57. The average Bonchev–Trinajstić information content (AvgIpc) is 3.28. The van der Waals surface area contributed by atoms with Gasteiger partial charge in [-0.25, -0.2) is 0 Å². The summed E-state index contributed by atoms with van der Waals surface area (Å²) in [5, 5.41) is 0. The van der Waals surface area contributed by atoms with Gasteiger partial charge in [-0.2, -0.15) is 11.8 Å². The predicted octanol–water partition coefficient (Wildman–Crippen LogP) is 3.43. The first-order valence-corrected chi connectivity index (χ1v) is 11.9. The Bertz CT molecular complexity index is 543. The maximum atomic E-state index is 11.4. The van der Waals surface area contributed by atoms with Crippen LogP contribution < -0.4 is 0 Å². The van der Waals surface area contributed by atoms with E-state index in [-0.39, 0.29) is 17.7 Å². The van der Waals surface area contributed by atoms with Crippen LogP contribution in [0.2, 0.25) is 0 Å². The van der Waals surface area contributed by atoms with E-state index in [0.717, 1.165) is 43.9 Å². The summed E-state index contributed by atoms with van der Waals surface area (Å²) < 4.78 is 5.54. The molecule has 0 saturated carbocycles. The third-order valence-corrected chi connectivity index (χ3v) is 5.67. The molecule has 0 spiro atoms. The van der Waals surface area contributed by atoms with Crippen molar-refractivity contribution in [2.24, 2.45) is 0 Å². The van der Waals surface area contributed by atoms with Crippen LogP contribution in [0, 0.1) is 0 Å². The van der Waals surface area contributed by atoms with Crippen LogP contribution in [-0.2, 0) is 19.1 Å². The van der Waals surface area contributed by atoms with Crippen molar-refractivity contribution < 1.29 is 19.1 Å². The fraction of sp³-hybridized carbons (Fsp3) is 0.682. The number of amides is 3. The molecule has 0 aromatic rings. The summed E-state index contributed by atoms with van der Waals surface area (Å²) in [7, 11) is 0. The lowest BCUT2D eigenvalue weighted by Crippen LogP contribution is -2.31. The van der Waals surface area contributed by atoms with Crippen LogP contribution in [0.4, 0.5) is 0 Å². The molecule has 2 aliphatic rings. The number of imide groups is 1. The molecule has 0 aromatic heterocycles. The standard InChI is InChI=1S/C18H26N2O4S.C4H10/c21-16-6-3-9-19(16)10-5-15-25-14-2-1-12-24-13-4-11-20-17(22)7-8-18(20)23;1-3-4-2/h3,6-8H,1-2,4-5,9-15H2;3-4H2,1-2H3. The van der Waals surface area contributed by atoms with Gasteiger partial charge in [0.15, 0.2) is 0 Å². The molecule has 0 N–H and O–H groups in total. The molecule has 0 saturated heterocycles. The lowest BCUT2D eigenvalue weighted by Gasteiger charge is -2.14. The highest BCUT2D eigenvalue weighted by Crippen LogP contribution is 2.09. The molecule has 164 valence electrons. The molecule has 2 aliphatic heterocycles. The summed E-state index contributed by atoms with van der Waals surface area (Å²) >= 11 is 1.92. The van der Waals surface area contributed by atoms with E-state index in [1.54, 1.807) is 6.08 Å². The van der Waals surface area contributed by atoms with Gasteiger partial charge in [0.2, 0.25) is 5.91 Å². The number of ether oxygens (including phenoxy) is 1. The van der Waals surface area contributed by atoms with Gasteiger partial charge in [0.1, 0.15) is 0 Å². The number of rotatable bonds is 14. The SMILES string of the molecule is CCCC.O=C1C=CCN1CCCSCCCCOCCCN1C(=O)C=CC1=O. The van der Waals surface area contributed by atoms with Crippen molar-refractivity contribution in [1.29, 1.82) is 0 Å². The Labute approximate surface area is 179 Å². The second kappa shape index (κ2) is 16.2. The zero-order valence-electron chi connectivity index (χ0n) is 17.9. The molecule has 29 heavy (non-hydrogen) atoms. The van der Waals surface area contributed by atoms with E-state index in [1.165, 1.54) is 29.9 Å². The van der Waals surface area contributed by atoms with Crippen LogP contribution in [0.5, 0.6) is 0 Å². The van der Waals surface area contributed by atoms with Crippen LogP contribution >= 0.6 is 11.8 Å². The maximum absolute atomic E-state index is 11.4. The monoisotopic (exact) mass is 424 g/mol.